The number of likely N-dealkylation sites (N-methyl/N-ethyl adjacent to an activating group) is 1. The smallest absolute Gasteiger partial charge is 0.249 e. The van der Waals surface area contributed by atoms with E-state index in [0.29, 0.717) is 23.7 Å². The van der Waals surface area contributed by atoms with Crippen molar-refractivity contribution in [3.05, 3.63) is 29.3 Å². The molecule has 5 nitrogen and oxygen atoms in total. The Hall–Kier alpha value is -1.59. The molecule has 0 aliphatic carbocycles. The lowest BCUT2D eigenvalue weighted by atomic mass is 10.2. The topological polar surface area (TPSA) is 66.6 Å². The van der Waals surface area contributed by atoms with Gasteiger partial charge in [0.25, 0.3) is 0 Å². The van der Waals surface area contributed by atoms with E-state index in [-0.39, 0.29) is 11.8 Å². The molecule has 1 aliphatic rings. The summed E-state index contributed by atoms with van der Waals surface area (Å²) in [7, 11) is 1.62. The maximum Gasteiger partial charge on any atom is 0.249 e. The molecule has 1 unspecified atom stereocenters. The molecule has 1 aromatic rings. The van der Waals surface area contributed by atoms with Crippen molar-refractivity contribution >= 4 is 29.1 Å². The molecule has 2 atom stereocenters. The van der Waals surface area contributed by atoms with Gasteiger partial charge in [0, 0.05) is 13.6 Å². The summed E-state index contributed by atoms with van der Waals surface area (Å²) >= 11 is 6.12. The van der Waals surface area contributed by atoms with Crippen LogP contribution < -0.4 is 10.6 Å². The van der Waals surface area contributed by atoms with Crippen molar-refractivity contribution in [2.45, 2.75) is 25.4 Å². The first-order chi connectivity index (χ1) is 9.43. The molecule has 0 aromatic heterocycles. The van der Waals surface area contributed by atoms with Gasteiger partial charge in [-0.1, -0.05) is 23.7 Å². The number of halogens is 1. The molecule has 2 rings (SSSR count). The van der Waals surface area contributed by atoms with Crippen LogP contribution in [0.2, 0.25) is 5.02 Å². The van der Waals surface area contributed by atoms with Crippen molar-refractivity contribution < 1.29 is 9.59 Å². The number of amides is 2. The van der Waals surface area contributed by atoms with Crippen molar-refractivity contribution in [3.8, 4) is 0 Å². The number of hydrogen-bond acceptors (Lipinski definition) is 3. The van der Waals surface area contributed by atoms with Gasteiger partial charge in [-0.05, 0) is 25.5 Å². The minimum Gasteiger partial charge on any atom is -0.332 e. The van der Waals surface area contributed by atoms with Crippen LogP contribution in [0.3, 0.4) is 0 Å². The monoisotopic (exact) mass is 295 g/mol. The van der Waals surface area contributed by atoms with Gasteiger partial charge in [-0.3, -0.25) is 9.59 Å². The Balaban J connectivity index is 2.18. The zero-order chi connectivity index (χ0) is 14.9. The van der Waals surface area contributed by atoms with Crippen LogP contribution in [0.25, 0.3) is 0 Å². The van der Waals surface area contributed by atoms with Crippen LogP contribution in [-0.4, -0.2) is 42.4 Å². The second-order valence-electron chi connectivity index (χ2n) is 4.98. The van der Waals surface area contributed by atoms with Gasteiger partial charge in [0.2, 0.25) is 11.8 Å². The largest absolute Gasteiger partial charge is 0.332 e. The Morgan fingerprint density at radius 3 is 2.75 bits per heavy atom. The van der Waals surface area contributed by atoms with Crippen molar-refractivity contribution in [2.24, 2.45) is 5.73 Å². The molecule has 2 amide bonds. The van der Waals surface area contributed by atoms with E-state index in [2.05, 4.69) is 0 Å². The van der Waals surface area contributed by atoms with Crippen LogP contribution >= 0.6 is 11.6 Å². The Labute approximate surface area is 123 Å². The second kappa shape index (κ2) is 5.81. The van der Waals surface area contributed by atoms with E-state index in [1.165, 1.54) is 4.90 Å². The molecule has 2 N–H and O–H groups in total. The lowest BCUT2D eigenvalue weighted by Crippen LogP contribution is -2.48. The van der Waals surface area contributed by atoms with Crippen LogP contribution in [0.5, 0.6) is 0 Å². The number of benzene rings is 1. The highest BCUT2D eigenvalue weighted by atomic mass is 35.5. The van der Waals surface area contributed by atoms with Gasteiger partial charge >= 0.3 is 0 Å². The number of carbonyl (C=O) groups excluding carboxylic acids is 2. The number of para-hydroxylation sites is 1. The van der Waals surface area contributed by atoms with Gasteiger partial charge in [-0.25, -0.2) is 0 Å². The minimum atomic E-state index is -0.609. The molecule has 0 bridgehead atoms. The summed E-state index contributed by atoms with van der Waals surface area (Å²) in [5.74, 6) is -0.348. The minimum absolute atomic E-state index is 0.116. The van der Waals surface area contributed by atoms with E-state index in [4.69, 9.17) is 17.3 Å². The van der Waals surface area contributed by atoms with Gasteiger partial charge in [0.05, 0.1) is 16.8 Å². The van der Waals surface area contributed by atoms with Crippen molar-refractivity contribution in [3.63, 3.8) is 0 Å². The number of anilines is 1. The van der Waals surface area contributed by atoms with E-state index in [0.717, 1.165) is 0 Å². The number of nitrogens with zero attached hydrogens (tertiary/aromatic N) is 2. The summed E-state index contributed by atoms with van der Waals surface area (Å²) in [6.07, 6.45) is 0.582. The molecule has 0 radical (unpaired) electrons. The molecule has 6 heteroatoms. The molecule has 0 saturated carbocycles. The maximum absolute atomic E-state index is 12.5. The van der Waals surface area contributed by atoms with E-state index in [9.17, 15) is 9.59 Å². The van der Waals surface area contributed by atoms with Gasteiger partial charge < -0.3 is 15.5 Å². The molecule has 1 heterocycles. The third-order valence-corrected chi connectivity index (χ3v) is 3.84. The summed E-state index contributed by atoms with van der Waals surface area (Å²) in [6.45, 7) is 2.16. The van der Waals surface area contributed by atoms with E-state index < -0.39 is 12.1 Å². The van der Waals surface area contributed by atoms with E-state index >= 15 is 0 Å². The zero-order valence-corrected chi connectivity index (χ0v) is 12.3. The first kappa shape index (κ1) is 14.8. The summed E-state index contributed by atoms with van der Waals surface area (Å²) in [5.41, 5.74) is 6.27. The standard InChI is InChI=1S/C14H18ClN3O2/c1-9(16)13(19)17(2)12-7-8-18(14(12)20)11-6-4-3-5-10(11)15/h3-6,9,12H,7-8,16H2,1-2H3/t9-,12?/m1/s1. The fourth-order valence-corrected chi connectivity index (χ4v) is 2.65. The molecular formula is C14H18ClN3O2. The average molecular weight is 296 g/mol. The zero-order valence-electron chi connectivity index (χ0n) is 11.5. The SMILES string of the molecule is C[C@@H](N)C(=O)N(C)C1CCN(c2ccccc2Cl)C1=O. The van der Waals surface area contributed by atoms with Crippen molar-refractivity contribution in [1.29, 1.82) is 0 Å². The predicted molar refractivity (Wildman–Crippen MR) is 78.6 cm³/mol. The first-order valence-corrected chi connectivity index (χ1v) is 6.89. The number of carbonyl (C=O) groups is 2. The summed E-state index contributed by atoms with van der Waals surface area (Å²) in [6, 6.07) is 6.12. The lowest BCUT2D eigenvalue weighted by molar-refractivity contribution is -0.137. The highest BCUT2D eigenvalue weighted by Crippen LogP contribution is 2.30. The lowest BCUT2D eigenvalue weighted by Gasteiger charge is -2.25. The van der Waals surface area contributed by atoms with Crippen LogP contribution in [0, 0.1) is 0 Å². The molecule has 20 heavy (non-hydrogen) atoms. The van der Waals surface area contributed by atoms with Crippen molar-refractivity contribution in [2.75, 3.05) is 18.5 Å². The maximum atomic E-state index is 12.5. The normalized spacial score (nSPS) is 20.1. The molecule has 1 saturated heterocycles. The summed E-state index contributed by atoms with van der Waals surface area (Å²) in [5, 5.41) is 0.530. The Morgan fingerprint density at radius 2 is 2.15 bits per heavy atom. The number of hydrogen-bond donors (Lipinski definition) is 1. The molecule has 1 fully saturated rings. The third-order valence-electron chi connectivity index (χ3n) is 3.53. The van der Waals surface area contributed by atoms with Crippen LogP contribution in [0.1, 0.15) is 13.3 Å². The molecule has 1 aliphatic heterocycles. The molecule has 0 spiro atoms. The third kappa shape index (κ3) is 2.64. The fraction of sp³-hybridized carbons (Fsp3) is 0.429. The fourth-order valence-electron chi connectivity index (χ4n) is 2.41. The summed E-state index contributed by atoms with van der Waals surface area (Å²) < 4.78 is 0. The van der Waals surface area contributed by atoms with Gasteiger partial charge in [0.15, 0.2) is 0 Å². The van der Waals surface area contributed by atoms with Gasteiger partial charge in [0.1, 0.15) is 6.04 Å². The highest BCUT2D eigenvalue weighted by Gasteiger charge is 2.38. The molecular weight excluding hydrogens is 278 g/mol. The van der Waals surface area contributed by atoms with E-state index in [1.54, 1.807) is 31.0 Å². The van der Waals surface area contributed by atoms with Gasteiger partial charge in [-0.15, -0.1) is 0 Å². The quantitative estimate of drug-likeness (QED) is 0.912. The predicted octanol–water partition coefficient (Wildman–Crippen LogP) is 1.25. The number of nitrogens with two attached hydrogens (primary N) is 1. The molecule has 1 aromatic carbocycles. The average Bonchev–Trinajstić information content (AvgIpc) is 2.79. The first-order valence-electron chi connectivity index (χ1n) is 6.51. The van der Waals surface area contributed by atoms with E-state index in [1.807, 2.05) is 12.1 Å². The number of rotatable bonds is 3. The summed E-state index contributed by atoms with van der Waals surface area (Å²) in [4.78, 5) is 27.4. The Kier molecular flexibility index (Phi) is 4.30. The highest BCUT2D eigenvalue weighted by molar-refractivity contribution is 6.34. The Bertz CT molecular complexity index is 533. The van der Waals surface area contributed by atoms with Crippen LogP contribution in [-0.2, 0) is 9.59 Å². The van der Waals surface area contributed by atoms with Crippen LogP contribution in [0.4, 0.5) is 5.69 Å². The van der Waals surface area contributed by atoms with Crippen molar-refractivity contribution in [1.82, 2.24) is 4.90 Å². The van der Waals surface area contributed by atoms with Crippen LogP contribution in [0.15, 0.2) is 24.3 Å². The Morgan fingerprint density at radius 1 is 1.50 bits per heavy atom. The van der Waals surface area contributed by atoms with Gasteiger partial charge in [-0.2, -0.15) is 0 Å². The second-order valence-corrected chi connectivity index (χ2v) is 5.39. The molecule has 108 valence electrons.